The van der Waals surface area contributed by atoms with E-state index in [0.717, 1.165) is 5.56 Å². The highest BCUT2D eigenvalue weighted by Gasteiger charge is 2.05. The normalized spacial score (nSPS) is 12.2. The molecule has 1 aromatic heterocycles. The number of nitrogens with zero attached hydrogens (tertiary/aromatic N) is 1. The third-order valence-electron chi connectivity index (χ3n) is 2.88. The lowest BCUT2D eigenvalue weighted by Gasteiger charge is -2.08. The zero-order chi connectivity index (χ0) is 16.8. The highest BCUT2D eigenvalue weighted by molar-refractivity contribution is 6.35. The topological polar surface area (TPSA) is 51.2 Å². The van der Waals surface area contributed by atoms with E-state index >= 15 is 0 Å². The van der Waals surface area contributed by atoms with Crippen LogP contribution in [0.5, 0.6) is 11.6 Å². The monoisotopic (exact) mass is 350 g/mol. The summed E-state index contributed by atoms with van der Waals surface area (Å²) in [4.78, 5) is 15.2. The van der Waals surface area contributed by atoms with Crippen LogP contribution < -0.4 is 10.1 Å². The molecular weight excluding hydrogens is 335 g/mol. The summed E-state index contributed by atoms with van der Waals surface area (Å²) in [5.41, 5.74) is 0.900. The van der Waals surface area contributed by atoms with E-state index in [1.807, 2.05) is 25.1 Å². The van der Waals surface area contributed by atoms with Crippen molar-refractivity contribution in [2.45, 2.75) is 19.9 Å². The molecule has 0 aliphatic heterocycles. The van der Waals surface area contributed by atoms with Crippen LogP contribution in [0.1, 0.15) is 19.4 Å². The van der Waals surface area contributed by atoms with E-state index in [0.29, 0.717) is 21.7 Å². The van der Waals surface area contributed by atoms with Gasteiger partial charge in [-0.05, 0) is 36.8 Å². The Morgan fingerprint density at radius 3 is 2.70 bits per heavy atom. The predicted molar refractivity (Wildman–Crippen MR) is 93.1 cm³/mol. The SMILES string of the molecule is CC(=O)N[C@@H](C)/C=C/c1ccc(Oc2ccc(Cl)cc2Cl)nc1. The van der Waals surface area contributed by atoms with Crippen molar-refractivity contribution in [1.29, 1.82) is 0 Å². The van der Waals surface area contributed by atoms with E-state index in [-0.39, 0.29) is 11.9 Å². The molecule has 1 atom stereocenters. The molecule has 0 saturated carbocycles. The molecule has 0 aliphatic rings. The second kappa shape index (κ2) is 7.99. The quantitative estimate of drug-likeness (QED) is 0.848. The standard InChI is InChI=1S/C17H16Cl2N2O2/c1-11(21-12(2)22)3-4-13-5-8-17(20-10-13)23-16-7-6-14(18)9-15(16)19/h3-11H,1-2H3,(H,21,22)/b4-3+/t11-/m0/s1. The number of carbonyl (C=O) groups excluding carboxylic acids is 1. The lowest BCUT2D eigenvalue weighted by atomic mass is 10.2. The first-order valence-electron chi connectivity index (χ1n) is 6.98. The molecule has 0 fully saturated rings. The number of hydrogen-bond donors (Lipinski definition) is 1. The highest BCUT2D eigenvalue weighted by atomic mass is 35.5. The summed E-state index contributed by atoms with van der Waals surface area (Å²) >= 11 is 11.9. The van der Waals surface area contributed by atoms with Crippen LogP contribution in [0.2, 0.25) is 10.0 Å². The maximum atomic E-state index is 10.9. The van der Waals surface area contributed by atoms with Crippen molar-refractivity contribution in [3.63, 3.8) is 0 Å². The highest BCUT2D eigenvalue weighted by Crippen LogP contribution is 2.30. The fraction of sp³-hybridized carbons (Fsp3) is 0.176. The molecule has 0 saturated heterocycles. The van der Waals surface area contributed by atoms with Gasteiger partial charge in [-0.15, -0.1) is 0 Å². The van der Waals surface area contributed by atoms with Crippen molar-refractivity contribution >= 4 is 35.2 Å². The maximum Gasteiger partial charge on any atom is 0.219 e. The van der Waals surface area contributed by atoms with Crippen LogP contribution in [0.3, 0.4) is 0 Å². The van der Waals surface area contributed by atoms with Gasteiger partial charge in [-0.3, -0.25) is 4.79 Å². The summed E-state index contributed by atoms with van der Waals surface area (Å²) in [6.45, 7) is 3.38. The van der Waals surface area contributed by atoms with Gasteiger partial charge >= 0.3 is 0 Å². The van der Waals surface area contributed by atoms with Crippen LogP contribution in [0, 0.1) is 0 Å². The molecule has 0 unspecified atom stereocenters. The fourth-order valence-corrected chi connectivity index (χ4v) is 2.29. The summed E-state index contributed by atoms with van der Waals surface area (Å²) in [6.07, 6.45) is 5.44. The summed E-state index contributed by atoms with van der Waals surface area (Å²) in [5.74, 6) is 0.858. The van der Waals surface area contributed by atoms with Crippen LogP contribution in [0.15, 0.2) is 42.6 Å². The Bertz CT molecular complexity index is 715. The Balaban J connectivity index is 2.02. The molecule has 6 heteroatoms. The number of hydrogen-bond acceptors (Lipinski definition) is 3. The van der Waals surface area contributed by atoms with Crippen LogP contribution >= 0.6 is 23.2 Å². The van der Waals surface area contributed by atoms with Gasteiger partial charge in [0, 0.05) is 30.3 Å². The molecule has 120 valence electrons. The average Bonchev–Trinajstić information content (AvgIpc) is 2.49. The second-order valence-electron chi connectivity index (χ2n) is 4.95. The predicted octanol–water partition coefficient (Wildman–Crippen LogP) is 4.72. The summed E-state index contributed by atoms with van der Waals surface area (Å²) in [7, 11) is 0. The number of carbonyl (C=O) groups is 1. The van der Waals surface area contributed by atoms with Gasteiger partial charge in [0.05, 0.1) is 5.02 Å². The Labute approximate surface area is 145 Å². The number of rotatable bonds is 5. The number of halogens is 2. The number of ether oxygens (including phenoxy) is 1. The molecule has 1 heterocycles. The van der Waals surface area contributed by atoms with Gasteiger partial charge in [-0.2, -0.15) is 0 Å². The Morgan fingerprint density at radius 2 is 2.09 bits per heavy atom. The van der Waals surface area contributed by atoms with Crippen molar-refractivity contribution in [2.75, 3.05) is 0 Å². The first-order chi connectivity index (χ1) is 10.9. The van der Waals surface area contributed by atoms with Crippen molar-refractivity contribution in [2.24, 2.45) is 0 Å². The van der Waals surface area contributed by atoms with Crippen molar-refractivity contribution in [3.8, 4) is 11.6 Å². The number of benzene rings is 1. The molecule has 23 heavy (non-hydrogen) atoms. The van der Waals surface area contributed by atoms with Gasteiger partial charge in [-0.25, -0.2) is 4.98 Å². The minimum Gasteiger partial charge on any atom is -0.437 e. The molecule has 0 spiro atoms. The number of pyridine rings is 1. The fourth-order valence-electron chi connectivity index (χ4n) is 1.85. The molecule has 2 rings (SSSR count). The Morgan fingerprint density at radius 1 is 1.30 bits per heavy atom. The molecule has 0 aliphatic carbocycles. The largest absolute Gasteiger partial charge is 0.437 e. The minimum absolute atomic E-state index is 0.0451. The van der Waals surface area contributed by atoms with Crippen molar-refractivity contribution in [3.05, 3.63) is 58.2 Å². The molecule has 1 aromatic carbocycles. The van der Waals surface area contributed by atoms with Gasteiger partial charge in [0.15, 0.2) is 0 Å². The van der Waals surface area contributed by atoms with E-state index in [2.05, 4.69) is 10.3 Å². The summed E-state index contributed by atoms with van der Waals surface area (Å²) in [6, 6.07) is 8.56. The molecule has 0 bridgehead atoms. The number of aromatic nitrogens is 1. The van der Waals surface area contributed by atoms with E-state index in [1.54, 1.807) is 30.5 Å². The molecule has 1 N–H and O–H groups in total. The van der Waals surface area contributed by atoms with Crippen molar-refractivity contribution < 1.29 is 9.53 Å². The molecule has 2 aromatic rings. The summed E-state index contributed by atoms with van der Waals surface area (Å²) in [5, 5.41) is 3.74. The molecule has 1 amide bonds. The second-order valence-corrected chi connectivity index (χ2v) is 5.80. The van der Waals surface area contributed by atoms with E-state index in [9.17, 15) is 4.79 Å². The lowest BCUT2D eigenvalue weighted by Crippen LogP contribution is -2.28. The van der Waals surface area contributed by atoms with Gasteiger partial charge < -0.3 is 10.1 Å². The number of amides is 1. The van der Waals surface area contributed by atoms with Gasteiger partial charge in [0.1, 0.15) is 5.75 Å². The van der Waals surface area contributed by atoms with E-state index in [1.165, 1.54) is 6.92 Å². The minimum atomic E-state index is -0.0659. The third kappa shape index (κ3) is 5.58. The molecule has 0 radical (unpaired) electrons. The lowest BCUT2D eigenvalue weighted by molar-refractivity contribution is -0.119. The van der Waals surface area contributed by atoms with Gasteiger partial charge in [0.2, 0.25) is 11.8 Å². The van der Waals surface area contributed by atoms with Gasteiger partial charge in [0.25, 0.3) is 0 Å². The molecular formula is C17H16Cl2N2O2. The summed E-state index contributed by atoms with van der Waals surface area (Å²) < 4.78 is 5.61. The van der Waals surface area contributed by atoms with Crippen LogP contribution in [-0.4, -0.2) is 16.9 Å². The van der Waals surface area contributed by atoms with E-state index < -0.39 is 0 Å². The third-order valence-corrected chi connectivity index (χ3v) is 3.41. The van der Waals surface area contributed by atoms with Crippen LogP contribution in [0.4, 0.5) is 0 Å². The molecule has 4 nitrogen and oxygen atoms in total. The van der Waals surface area contributed by atoms with Crippen LogP contribution in [-0.2, 0) is 4.79 Å². The van der Waals surface area contributed by atoms with Gasteiger partial charge in [-0.1, -0.05) is 35.4 Å². The Kier molecular flexibility index (Phi) is 6.02. The Hall–Kier alpha value is -2.04. The maximum absolute atomic E-state index is 10.9. The zero-order valence-electron chi connectivity index (χ0n) is 12.7. The zero-order valence-corrected chi connectivity index (χ0v) is 14.2. The van der Waals surface area contributed by atoms with E-state index in [4.69, 9.17) is 27.9 Å². The average molecular weight is 351 g/mol. The first kappa shape index (κ1) is 17.3. The smallest absolute Gasteiger partial charge is 0.219 e. The van der Waals surface area contributed by atoms with Crippen LogP contribution in [0.25, 0.3) is 6.08 Å². The number of nitrogens with one attached hydrogen (secondary N) is 1. The van der Waals surface area contributed by atoms with Crippen molar-refractivity contribution in [1.82, 2.24) is 10.3 Å². The first-order valence-corrected chi connectivity index (χ1v) is 7.74.